The molecule has 1 unspecified atom stereocenters. The van der Waals surface area contributed by atoms with Crippen molar-refractivity contribution in [3.8, 4) is 0 Å². The van der Waals surface area contributed by atoms with E-state index in [4.69, 9.17) is 0 Å². The maximum absolute atomic E-state index is 13.2. The highest BCUT2D eigenvalue weighted by Gasteiger charge is 2.23. The van der Waals surface area contributed by atoms with Gasteiger partial charge < -0.3 is 10.2 Å². The summed E-state index contributed by atoms with van der Waals surface area (Å²) in [5.41, 5.74) is 0. The van der Waals surface area contributed by atoms with Gasteiger partial charge in [-0.1, -0.05) is 6.07 Å². The predicted octanol–water partition coefficient (Wildman–Crippen LogP) is 2.47. The van der Waals surface area contributed by atoms with Crippen molar-refractivity contribution < 1.29 is 9.18 Å². The third-order valence-corrected chi connectivity index (χ3v) is 4.43. The SMILES string of the molecule is CC1CN(C(=O)c2cc3ccc(F)cc3s2)CCN1. The number of halogens is 1. The second-order valence-corrected chi connectivity index (χ2v) is 5.98. The summed E-state index contributed by atoms with van der Waals surface area (Å²) in [7, 11) is 0. The maximum atomic E-state index is 13.2. The number of carbonyl (C=O) groups excluding carboxylic acids is 1. The van der Waals surface area contributed by atoms with Gasteiger partial charge in [-0.15, -0.1) is 11.3 Å². The average Bonchev–Trinajstić information content (AvgIpc) is 2.80. The topological polar surface area (TPSA) is 32.3 Å². The van der Waals surface area contributed by atoms with Gasteiger partial charge in [-0.2, -0.15) is 0 Å². The van der Waals surface area contributed by atoms with Gasteiger partial charge in [-0.25, -0.2) is 4.39 Å². The summed E-state index contributed by atoms with van der Waals surface area (Å²) in [4.78, 5) is 15.0. The highest BCUT2D eigenvalue weighted by molar-refractivity contribution is 7.20. The first-order chi connectivity index (χ1) is 9.13. The summed E-state index contributed by atoms with van der Waals surface area (Å²) >= 11 is 1.36. The minimum Gasteiger partial charge on any atom is -0.335 e. The summed E-state index contributed by atoms with van der Waals surface area (Å²) in [6.07, 6.45) is 0. The third-order valence-electron chi connectivity index (χ3n) is 3.35. The molecule has 1 atom stereocenters. The van der Waals surface area contributed by atoms with Crippen molar-refractivity contribution in [1.29, 1.82) is 0 Å². The van der Waals surface area contributed by atoms with Crippen LogP contribution in [0, 0.1) is 5.82 Å². The van der Waals surface area contributed by atoms with E-state index in [1.807, 2.05) is 11.0 Å². The molecule has 0 bridgehead atoms. The summed E-state index contributed by atoms with van der Waals surface area (Å²) in [6, 6.07) is 6.81. The molecular formula is C14H15FN2OS. The van der Waals surface area contributed by atoms with Crippen LogP contribution >= 0.6 is 11.3 Å². The van der Waals surface area contributed by atoms with E-state index in [9.17, 15) is 9.18 Å². The van der Waals surface area contributed by atoms with Gasteiger partial charge in [0, 0.05) is 30.4 Å². The fourth-order valence-electron chi connectivity index (χ4n) is 2.38. The van der Waals surface area contributed by atoms with E-state index in [0.29, 0.717) is 10.9 Å². The number of nitrogens with zero attached hydrogens (tertiary/aromatic N) is 1. The molecule has 2 heterocycles. The second-order valence-electron chi connectivity index (χ2n) is 4.90. The number of carbonyl (C=O) groups is 1. The molecule has 0 spiro atoms. The summed E-state index contributed by atoms with van der Waals surface area (Å²) < 4.78 is 14.0. The van der Waals surface area contributed by atoms with Crippen LogP contribution in [0.2, 0.25) is 0 Å². The van der Waals surface area contributed by atoms with Crippen LogP contribution < -0.4 is 5.32 Å². The van der Waals surface area contributed by atoms with Crippen molar-refractivity contribution in [2.24, 2.45) is 0 Å². The maximum Gasteiger partial charge on any atom is 0.264 e. The lowest BCUT2D eigenvalue weighted by Crippen LogP contribution is -2.51. The molecule has 1 aliphatic heterocycles. The van der Waals surface area contributed by atoms with Crippen LogP contribution in [-0.4, -0.2) is 36.5 Å². The lowest BCUT2D eigenvalue weighted by molar-refractivity contribution is 0.0714. The van der Waals surface area contributed by atoms with Crippen LogP contribution in [0.15, 0.2) is 24.3 Å². The zero-order chi connectivity index (χ0) is 13.4. The molecule has 1 amide bonds. The molecule has 1 N–H and O–H groups in total. The van der Waals surface area contributed by atoms with Gasteiger partial charge in [0.15, 0.2) is 0 Å². The molecule has 100 valence electrons. The largest absolute Gasteiger partial charge is 0.335 e. The van der Waals surface area contributed by atoms with Crippen LogP contribution in [0.5, 0.6) is 0 Å². The Kier molecular flexibility index (Phi) is 3.24. The van der Waals surface area contributed by atoms with Crippen LogP contribution in [0.3, 0.4) is 0 Å². The molecule has 1 saturated heterocycles. The number of amides is 1. The lowest BCUT2D eigenvalue weighted by atomic mass is 10.2. The molecule has 3 nitrogen and oxygen atoms in total. The zero-order valence-electron chi connectivity index (χ0n) is 10.6. The summed E-state index contributed by atoms with van der Waals surface area (Å²) in [5, 5.41) is 4.24. The second kappa shape index (κ2) is 4.90. The number of fused-ring (bicyclic) bond motifs is 1. The highest BCUT2D eigenvalue weighted by atomic mass is 32.1. The zero-order valence-corrected chi connectivity index (χ0v) is 11.5. The van der Waals surface area contributed by atoms with E-state index in [1.54, 1.807) is 6.07 Å². The smallest absolute Gasteiger partial charge is 0.264 e. The molecule has 2 aromatic rings. The van der Waals surface area contributed by atoms with E-state index >= 15 is 0 Å². The van der Waals surface area contributed by atoms with Crippen LogP contribution in [0.25, 0.3) is 10.1 Å². The van der Waals surface area contributed by atoms with E-state index in [1.165, 1.54) is 23.5 Å². The molecule has 5 heteroatoms. The van der Waals surface area contributed by atoms with Crippen molar-refractivity contribution in [2.75, 3.05) is 19.6 Å². The molecule has 1 aromatic heterocycles. The lowest BCUT2D eigenvalue weighted by Gasteiger charge is -2.31. The normalized spacial score (nSPS) is 19.9. The molecule has 0 aliphatic carbocycles. The molecule has 1 aliphatic rings. The van der Waals surface area contributed by atoms with Gasteiger partial charge in [-0.3, -0.25) is 4.79 Å². The Labute approximate surface area is 115 Å². The standard InChI is InChI=1S/C14H15FN2OS/c1-9-8-17(5-4-16-9)14(18)13-6-10-2-3-11(15)7-12(10)19-13/h2-3,6-7,9,16H,4-5,8H2,1H3. The van der Waals surface area contributed by atoms with Crippen LogP contribution in [0.1, 0.15) is 16.6 Å². The van der Waals surface area contributed by atoms with Crippen LogP contribution in [-0.2, 0) is 0 Å². The predicted molar refractivity (Wildman–Crippen MR) is 75.2 cm³/mol. The van der Waals surface area contributed by atoms with E-state index in [0.717, 1.165) is 29.7 Å². The fraction of sp³-hybridized carbons (Fsp3) is 0.357. The van der Waals surface area contributed by atoms with Gasteiger partial charge >= 0.3 is 0 Å². The Morgan fingerprint density at radius 1 is 1.47 bits per heavy atom. The molecule has 3 rings (SSSR count). The molecule has 0 saturated carbocycles. The third kappa shape index (κ3) is 2.48. The number of rotatable bonds is 1. The monoisotopic (exact) mass is 278 g/mol. The number of hydrogen-bond acceptors (Lipinski definition) is 3. The Hall–Kier alpha value is -1.46. The Morgan fingerprint density at radius 2 is 2.32 bits per heavy atom. The van der Waals surface area contributed by atoms with Gasteiger partial charge in [0.25, 0.3) is 5.91 Å². The van der Waals surface area contributed by atoms with Crippen molar-refractivity contribution in [3.63, 3.8) is 0 Å². The molecule has 19 heavy (non-hydrogen) atoms. The first kappa shape index (κ1) is 12.6. The number of piperazine rings is 1. The Balaban J connectivity index is 1.88. The van der Waals surface area contributed by atoms with Crippen molar-refractivity contribution in [1.82, 2.24) is 10.2 Å². The molecule has 1 aromatic carbocycles. The number of thiophene rings is 1. The van der Waals surface area contributed by atoms with Gasteiger partial charge in [0.2, 0.25) is 0 Å². The first-order valence-electron chi connectivity index (χ1n) is 6.35. The summed E-state index contributed by atoms with van der Waals surface area (Å²) in [6.45, 7) is 4.35. The molecule has 1 fully saturated rings. The van der Waals surface area contributed by atoms with Gasteiger partial charge in [0.1, 0.15) is 5.82 Å². The highest BCUT2D eigenvalue weighted by Crippen LogP contribution is 2.27. The van der Waals surface area contributed by atoms with Crippen molar-refractivity contribution in [3.05, 3.63) is 35.0 Å². The average molecular weight is 278 g/mol. The number of benzene rings is 1. The van der Waals surface area contributed by atoms with Crippen molar-refractivity contribution >= 4 is 27.3 Å². The van der Waals surface area contributed by atoms with Crippen LogP contribution in [0.4, 0.5) is 4.39 Å². The molecule has 0 radical (unpaired) electrons. The quantitative estimate of drug-likeness (QED) is 0.869. The van der Waals surface area contributed by atoms with E-state index in [-0.39, 0.29) is 11.7 Å². The Morgan fingerprint density at radius 3 is 3.11 bits per heavy atom. The first-order valence-corrected chi connectivity index (χ1v) is 7.17. The van der Waals surface area contributed by atoms with E-state index < -0.39 is 0 Å². The minimum atomic E-state index is -0.260. The van der Waals surface area contributed by atoms with Crippen molar-refractivity contribution in [2.45, 2.75) is 13.0 Å². The minimum absolute atomic E-state index is 0.0509. The van der Waals surface area contributed by atoms with Gasteiger partial charge in [0.05, 0.1) is 4.88 Å². The Bertz CT molecular complexity index is 625. The number of hydrogen-bond donors (Lipinski definition) is 1. The van der Waals surface area contributed by atoms with E-state index in [2.05, 4.69) is 12.2 Å². The fourth-order valence-corrected chi connectivity index (χ4v) is 3.44. The van der Waals surface area contributed by atoms with Gasteiger partial charge in [-0.05, 0) is 30.5 Å². The summed E-state index contributed by atoms with van der Waals surface area (Å²) in [5.74, 6) is -0.209. The number of nitrogens with one attached hydrogen (secondary N) is 1. The molecular weight excluding hydrogens is 263 g/mol.